The zero-order chi connectivity index (χ0) is 40.8. The molecule has 1 aliphatic carbocycles. The second-order valence-corrected chi connectivity index (χ2v) is 15.1. The summed E-state index contributed by atoms with van der Waals surface area (Å²) in [5.41, 5.74) is 0.442. The van der Waals surface area contributed by atoms with Crippen LogP contribution in [0.25, 0.3) is 32.9 Å². The van der Waals surface area contributed by atoms with Crippen LogP contribution in [0.1, 0.15) is 63.0 Å². The van der Waals surface area contributed by atoms with Crippen LogP contribution in [0.2, 0.25) is 0 Å². The maximum absolute atomic E-state index is 17.1. The molecular formula is C42H43F5N8O3. The molecule has 0 amide bonds. The number of terminal acetylenes is 1. The van der Waals surface area contributed by atoms with Crippen LogP contribution in [0.4, 0.5) is 27.8 Å². The first-order chi connectivity index (χ1) is 28.0. The Bertz CT molecular complexity index is 2390. The van der Waals surface area contributed by atoms with Crippen molar-refractivity contribution in [1.82, 2.24) is 35.1 Å². The van der Waals surface area contributed by atoms with E-state index in [0.717, 1.165) is 38.5 Å². The molecule has 1 saturated carbocycles. The Kier molecular flexibility index (Phi) is 10.7. The molecule has 6 heterocycles. The molecule has 16 heteroatoms. The number of hydrogen-bond acceptors (Lipinski definition) is 11. The van der Waals surface area contributed by atoms with Crippen LogP contribution in [0.5, 0.6) is 17.6 Å². The number of nitrogens with one attached hydrogen (secondary N) is 1. The molecular weight excluding hydrogens is 760 g/mol. The number of phenolic OH excluding ortho intramolecular Hbond substituents is 1. The number of piperazine rings is 1. The molecule has 3 fully saturated rings. The van der Waals surface area contributed by atoms with Gasteiger partial charge in [-0.1, -0.05) is 25.8 Å². The van der Waals surface area contributed by atoms with Gasteiger partial charge in [0, 0.05) is 73.9 Å². The van der Waals surface area contributed by atoms with Gasteiger partial charge in [-0.05, 0) is 62.1 Å². The Balaban J connectivity index is 0.00000231. The number of pyridine rings is 1. The summed E-state index contributed by atoms with van der Waals surface area (Å²) in [6.07, 6.45) is 6.16. The van der Waals surface area contributed by atoms with Crippen molar-refractivity contribution < 1.29 is 36.5 Å². The van der Waals surface area contributed by atoms with Gasteiger partial charge in [0.25, 0.3) is 0 Å². The maximum atomic E-state index is 17.1. The number of phenols is 1. The van der Waals surface area contributed by atoms with E-state index in [0.29, 0.717) is 74.3 Å². The lowest BCUT2D eigenvalue weighted by Crippen LogP contribution is -2.51. The van der Waals surface area contributed by atoms with Gasteiger partial charge in [-0.2, -0.15) is 28.1 Å². The van der Waals surface area contributed by atoms with Crippen molar-refractivity contribution in [3.8, 4) is 41.2 Å². The van der Waals surface area contributed by atoms with Crippen LogP contribution in [-0.4, -0.2) is 92.9 Å². The van der Waals surface area contributed by atoms with E-state index in [-0.39, 0.29) is 62.9 Å². The normalized spacial score (nSPS) is 19.1. The summed E-state index contributed by atoms with van der Waals surface area (Å²) in [7, 11) is 0. The van der Waals surface area contributed by atoms with E-state index in [1.54, 1.807) is 0 Å². The summed E-state index contributed by atoms with van der Waals surface area (Å²) in [4.78, 5) is 25.7. The number of rotatable bonds is 8. The minimum Gasteiger partial charge on any atom is -0.508 e. The molecule has 0 bridgehead atoms. The molecule has 3 aliphatic heterocycles. The number of benzene rings is 2. The van der Waals surface area contributed by atoms with Crippen molar-refractivity contribution in [3.63, 3.8) is 0 Å². The lowest BCUT2D eigenvalue weighted by molar-refractivity contribution is -0.145. The fraction of sp³-hybridized carbons (Fsp3) is 0.452. The molecule has 0 radical (unpaired) electrons. The number of alkyl halides is 3. The van der Waals surface area contributed by atoms with Crippen LogP contribution in [0.3, 0.4) is 0 Å². The summed E-state index contributed by atoms with van der Waals surface area (Å²) < 4.78 is 83.5. The molecule has 5 aromatic rings. The maximum Gasteiger partial charge on any atom is 0.451 e. The van der Waals surface area contributed by atoms with Gasteiger partial charge in [-0.3, -0.25) is 0 Å². The second kappa shape index (κ2) is 15.7. The number of aromatic nitrogens is 5. The SMILES string of the molecule is C#Cc1c(F)ccc2cc(O)cc(-c3nc4c5c(nc(OCC6(CN7CCC(Oc8ccnc(C(F)(F)F)n8)CC7)CC6)nc5c3F)N3CCNCC3CC4)c12.CC. The molecule has 58 heavy (non-hydrogen) atoms. The molecule has 304 valence electrons. The van der Waals surface area contributed by atoms with Crippen LogP contribution in [0, 0.1) is 29.4 Å². The van der Waals surface area contributed by atoms with E-state index in [4.69, 9.17) is 25.9 Å². The van der Waals surface area contributed by atoms with E-state index in [9.17, 15) is 18.3 Å². The molecule has 1 unspecified atom stereocenters. The first-order valence-corrected chi connectivity index (χ1v) is 19.7. The molecule has 1 atom stereocenters. The van der Waals surface area contributed by atoms with Gasteiger partial charge in [0.05, 0.1) is 23.3 Å². The summed E-state index contributed by atoms with van der Waals surface area (Å²) in [5.74, 6) is 0.0700. The average molecular weight is 803 g/mol. The summed E-state index contributed by atoms with van der Waals surface area (Å²) in [6, 6.07) is 6.94. The fourth-order valence-electron chi connectivity index (χ4n) is 8.31. The third-order valence-electron chi connectivity index (χ3n) is 11.3. The summed E-state index contributed by atoms with van der Waals surface area (Å²) in [6.45, 7) is 8.48. The van der Waals surface area contributed by atoms with Crippen molar-refractivity contribution in [2.24, 2.45) is 5.41 Å². The lowest BCUT2D eigenvalue weighted by Gasteiger charge is -2.36. The first kappa shape index (κ1) is 39.4. The van der Waals surface area contributed by atoms with E-state index >= 15 is 8.78 Å². The fourth-order valence-corrected chi connectivity index (χ4v) is 8.31. The van der Waals surface area contributed by atoms with Gasteiger partial charge in [0.1, 0.15) is 34.7 Å². The largest absolute Gasteiger partial charge is 0.508 e. The highest BCUT2D eigenvalue weighted by Crippen LogP contribution is 2.47. The third-order valence-corrected chi connectivity index (χ3v) is 11.3. The first-order valence-electron chi connectivity index (χ1n) is 19.7. The van der Waals surface area contributed by atoms with Crippen molar-refractivity contribution in [3.05, 3.63) is 65.2 Å². The molecule has 4 aliphatic rings. The summed E-state index contributed by atoms with van der Waals surface area (Å²) >= 11 is 0. The van der Waals surface area contributed by atoms with Gasteiger partial charge in [-0.15, -0.1) is 6.42 Å². The van der Waals surface area contributed by atoms with Crippen molar-refractivity contribution in [2.45, 2.75) is 70.7 Å². The number of hydrogen-bond donors (Lipinski definition) is 2. The van der Waals surface area contributed by atoms with Crippen LogP contribution in [-0.2, 0) is 12.6 Å². The second-order valence-electron chi connectivity index (χ2n) is 15.1. The number of aryl methyl sites for hydroxylation is 1. The van der Waals surface area contributed by atoms with E-state index < -0.39 is 23.6 Å². The summed E-state index contributed by atoms with van der Waals surface area (Å²) in [5, 5.41) is 15.3. The molecule has 9 rings (SSSR count). The molecule has 3 aromatic heterocycles. The van der Waals surface area contributed by atoms with Crippen molar-refractivity contribution in [2.75, 3.05) is 50.8 Å². The van der Waals surface area contributed by atoms with Gasteiger partial charge >= 0.3 is 12.2 Å². The van der Waals surface area contributed by atoms with E-state index in [1.165, 1.54) is 30.3 Å². The Morgan fingerprint density at radius 2 is 1.79 bits per heavy atom. The number of aromatic hydroxyl groups is 1. The minimum atomic E-state index is -4.65. The smallest absolute Gasteiger partial charge is 0.451 e. The van der Waals surface area contributed by atoms with Crippen molar-refractivity contribution >= 4 is 27.5 Å². The highest BCUT2D eigenvalue weighted by atomic mass is 19.4. The monoisotopic (exact) mass is 802 g/mol. The quantitative estimate of drug-likeness (QED) is 0.124. The molecule has 2 saturated heterocycles. The number of halogens is 5. The molecule has 0 spiro atoms. The van der Waals surface area contributed by atoms with Crippen LogP contribution < -0.4 is 19.7 Å². The van der Waals surface area contributed by atoms with Gasteiger partial charge in [0.2, 0.25) is 11.7 Å². The van der Waals surface area contributed by atoms with Crippen molar-refractivity contribution in [1.29, 1.82) is 0 Å². The number of likely N-dealkylation sites (tertiary alicyclic amines) is 1. The number of nitrogens with zero attached hydrogens (tertiary/aromatic N) is 7. The number of anilines is 1. The molecule has 2 N–H and O–H groups in total. The highest BCUT2D eigenvalue weighted by Gasteiger charge is 2.46. The minimum absolute atomic E-state index is 0.0253. The van der Waals surface area contributed by atoms with Gasteiger partial charge < -0.3 is 29.7 Å². The van der Waals surface area contributed by atoms with Gasteiger partial charge in [-0.25, -0.2) is 18.7 Å². The lowest BCUT2D eigenvalue weighted by atomic mass is 9.95. The van der Waals surface area contributed by atoms with Crippen LogP contribution >= 0.6 is 0 Å². The molecule has 2 aromatic carbocycles. The zero-order valence-electron chi connectivity index (χ0n) is 32.2. The Hall–Kier alpha value is -5.40. The number of ether oxygens (including phenoxy) is 2. The van der Waals surface area contributed by atoms with E-state index in [1.807, 2.05) is 13.8 Å². The third kappa shape index (κ3) is 7.65. The zero-order valence-corrected chi connectivity index (χ0v) is 32.2. The molecule has 11 nitrogen and oxygen atoms in total. The predicted molar refractivity (Wildman–Crippen MR) is 208 cm³/mol. The van der Waals surface area contributed by atoms with Gasteiger partial charge in [0.15, 0.2) is 5.82 Å². The Morgan fingerprint density at radius 3 is 2.53 bits per heavy atom. The number of piperidine rings is 1. The Labute approximate surface area is 332 Å². The Morgan fingerprint density at radius 1 is 1.00 bits per heavy atom. The topological polar surface area (TPSA) is 122 Å². The standard InChI is InChI=1S/C40H37F5N8O3.C2H6/c1-2-26-28(41)5-3-22-17-24(54)18-27(31(22)26)34-33(42)35-32-29(48-34)6-4-23-19-46-13-16-53(23)36(32)51-38(50-35)55-21-39(10-11-39)20-52-14-8-25(9-15-52)56-30-7-12-47-37(49-30)40(43,44)45;1-2/h1,3,5,7,12,17-18,23,25,46,54H,4,6,8-11,13-16,19-21H2;1-2H3. The van der Waals surface area contributed by atoms with E-state index in [2.05, 4.69) is 36.0 Å². The van der Waals surface area contributed by atoms with Crippen LogP contribution in [0.15, 0.2) is 36.5 Å². The predicted octanol–water partition coefficient (Wildman–Crippen LogP) is 7.07. The highest BCUT2D eigenvalue weighted by molar-refractivity contribution is 6.03. The average Bonchev–Trinajstić information content (AvgIpc) is 4.02. The number of fused-ring (bicyclic) bond motifs is 3.